The van der Waals surface area contributed by atoms with E-state index in [1.807, 2.05) is 11.9 Å². The molecule has 0 aliphatic carbocycles. The number of hydrogen-bond donors (Lipinski definition) is 1. The highest BCUT2D eigenvalue weighted by Crippen LogP contribution is 2.47. The molecule has 4 rings (SSSR count). The molecule has 1 aromatic rings. The van der Waals surface area contributed by atoms with Gasteiger partial charge in [0.05, 0.1) is 11.0 Å². The molecule has 0 radical (unpaired) electrons. The Kier molecular flexibility index (Phi) is 4.39. The molecule has 3 aliphatic heterocycles. The first kappa shape index (κ1) is 20.3. The molecule has 0 bridgehead atoms. The van der Waals surface area contributed by atoms with Crippen molar-refractivity contribution in [1.29, 1.82) is 0 Å². The van der Waals surface area contributed by atoms with E-state index in [1.54, 1.807) is 26.8 Å². The van der Waals surface area contributed by atoms with E-state index in [0.717, 1.165) is 17.1 Å². The van der Waals surface area contributed by atoms with Gasteiger partial charge in [0.2, 0.25) is 11.8 Å². The van der Waals surface area contributed by atoms with Gasteiger partial charge in [-0.1, -0.05) is 0 Å². The van der Waals surface area contributed by atoms with E-state index in [2.05, 4.69) is 10.2 Å². The maximum Gasteiger partial charge on any atom is 0.331 e. The minimum absolute atomic E-state index is 0.00352. The maximum absolute atomic E-state index is 13.8. The molecule has 10 nitrogen and oxygen atoms in total. The first-order valence-corrected chi connectivity index (χ1v) is 9.89. The van der Waals surface area contributed by atoms with Crippen LogP contribution >= 0.6 is 0 Å². The van der Waals surface area contributed by atoms with Gasteiger partial charge in [-0.05, 0) is 39.4 Å². The number of piperazine rings is 1. The van der Waals surface area contributed by atoms with Crippen molar-refractivity contribution in [3.05, 3.63) is 33.9 Å². The van der Waals surface area contributed by atoms with Crippen LogP contribution in [0.25, 0.3) is 0 Å². The van der Waals surface area contributed by atoms with E-state index in [-0.39, 0.29) is 12.1 Å². The number of nitro groups is 1. The Labute approximate surface area is 173 Å². The topological polar surface area (TPSA) is 116 Å². The van der Waals surface area contributed by atoms with E-state index in [9.17, 15) is 24.5 Å². The van der Waals surface area contributed by atoms with Crippen LogP contribution in [0.3, 0.4) is 0 Å². The van der Waals surface area contributed by atoms with E-state index in [1.165, 1.54) is 12.1 Å². The van der Waals surface area contributed by atoms with Gasteiger partial charge in [-0.3, -0.25) is 29.9 Å². The smallest absolute Gasteiger partial charge is 0.331 e. The zero-order chi connectivity index (χ0) is 22.0. The molecule has 1 spiro atoms. The monoisotopic (exact) mass is 415 g/mol. The SMILES string of the molecule is CN1CCN2c3ccc([N+](=O)[O-])cc3C[C@@]3(C(=O)NC(=O)N(C(C)(C)C)C3=O)[C@@H]2C1. The molecule has 1 N–H and O–H groups in total. The van der Waals surface area contributed by atoms with Crippen molar-refractivity contribution in [2.45, 2.75) is 38.8 Å². The van der Waals surface area contributed by atoms with Gasteiger partial charge in [-0.25, -0.2) is 4.79 Å². The van der Waals surface area contributed by atoms with Gasteiger partial charge < -0.3 is 9.80 Å². The van der Waals surface area contributed by atoms with Crippen LogP contribution in [-0.2, 0) is 16.0 Å². The molecule has 2 atom stereocenters. The highest BCUT2D eigenvalue weighted by atomic mass is 16.6. The Balaban J connectivity index is 1.91. The van der Waals surface area contributed by atoms with Crippen molar-refractivity contribution >= 4 is 29.2 Å². The molecule has 10 heteroatoms. The van der Waals surface area contributed by atoms with Gasteiger partial charge in [-0.2, -0.15) is 0 Å². The quantitative estimate of drug-likeness (QED) is 0.415. The highest BCUT2D eigenvalue weighted by molar-refractivity contribution is 6.20. The standard InChI is InChI=1S/C20H25N5O5/c1-19(2,3)24-17(27)20(16(26)21-18(24)28)10-12-9-13(25(29)30)5-6-14(12)23-8-7-22(4)11-15(20)23/h5-6,9,15H,7-8,10-11H2,1-4H3,(H,21,26,28)/t15-,20-/m0/s1. The number of nitro benzene ring substituents is 1. The van der Waals surface area contributed by atoms with Gasteiger partial charge in [0, 0.05) is 49.4 Å². The molecule has 2 saturated heterocycles. The Bertz CT molecular complexity index is 971. The van der Waals surface area contributed by atoms with Crippen LogP contribution in [0.5, 0.6) is 0 Å². The Morgan fingerprint density at radius 2 is 1.90 bits per heavy atom. The molecule has 0 saturated carbocycles. The number of carbonyl (C=O) groups excluding carboxylic acids is 3. The van der Waals surface area contributed by atoms with Crippen molar-refractivity contribution in [2.24, 2.45) is 5.41 Å². The lowest BCUT2D eigenvalue weighted by molar-refractivity contribution is -0.384. The average molecular weight is 415 g/mol. The summed E-state index contributed by atoms with van der Waals surface area (Å²) in [5.74, 6) is -1.19. The average Bonchev–Trinajstić information content (AvgIpc) is 2.64. The summed E-state index contributed by atoms with van der Waals surface area (Å²) in [5.41, 5.74) is -1.11. The summed E-state index contributed by atoms with van der Waals surface area (Å²) in [4.78, 5) is 55.7. The molecule has 2 fully saturated rings. The van der Waals surface area contributed by atoms with E-state index >= 15 is 0 Å². The lowest BCUT2D eigenvalue weighted by atomic mass is 9.67. The first-order valence-electron chi connectivity index (χ1n) is 9.89. The number of barbiturate groups is 1. The number of rotatable bonds is 1. The minimum atomic E-state index is -1.54. The fraction of sp³-hybridized carbons (Fsp3) is 0.550. The molecule has 0 aromatic heterocycles. The van der Waals surface area contributed by atoms with Gasteiger partial charge in [0.25, 0.3) is 5.69 Å². The lowest BCUT2D eigenvalue weighted by Crippen LogP contribution is -2.76. The van der Waals surface area contributed by atoms with Crippen molar-refractivity contribution < 1.29 is 19.3 Å². The van der Waals surface area contributed by atoms with Crippen molar-refractivity contribution in [2.75, 3.05) is 31.6 Å². The number of anilines is 1. The second-order valence-electron chi connectivity index (χ2n) is 9.26. The van der Waals surface area contributed by atoms with E-state index in [4.69, 9.17) is 0 Å². The Morgan fingerprint density at radius 3 is 2.53 bits per heavy atom. The van der Waals surface area contributed by atoms with Crippen LogP contribution in [0.1, 0.15) is 26.3 Å². The predicted molar refractivity (Wildman–Crippen MR) is 108 cm³/mol. The fourth-order valence-corrected chi connectivity index (χ4v) is 4.87. The minimum Gasteiger partial charge on any atom is -0.364 e. The molecule has 0 unspecified atom stereocenters. The number of fused-ring (bicyclic) bond motifs is 4. The molecule has 3 heterocycles. The number of non-ortho nitro benzene ring substituents is 1. The van der Waals surface area contributed by atoms with Crippen molar-refractivity contribution in [3.8, 4) is 0 Å². The Morgan fingerprint density at radius 1 is 1.20 bits per heavy atom. The normalized spacial score (nSPS) is 27.1. The van der Waals surface area contributed by atoms with Crippen molar-refractivity contribution in [1.82, 2.24) is 15.1 Å². The number of carbonyl (C=O) groups is 3. The number of urea groups is 1. The van der Waals surface area contributed by atoms with Crippen LogP contribution in [0.2, 0.25) is 0 Å². The molecular weight excluding hydrogens is 390 g/mol. The molecule has 30 heavy (non-hydrogen) atoms. The summed E-state index contributed by atoms with van der Waals surface area (Å²) in [6.45, 7) is 6.96. The third-order valence-electron chi connectivity index (χ3n) is 6.29. The molecule has 160 valence electrons. The second-order valence-corrected chi connectivity index (χ2v) is 9.26. The van der Waals surface area contributed by atoms with Gasteiger partial charge in [0.1, 0.15) is 0 Å². The molecule has 4 amide bonds. The maximum atomic E-state index is 13.8. The summed E-state index contributed by atoms with van der Waals surface area (Å²) < 4.78 is 0. The summed E-state index contributed by atoms with van der Waals surface area (Å²) >= 11 is 0. The Hall–Kier alpha value is -3.01. The molecule has 3 aliphatic rings. The van der Waals surface area contributed by atoms with Crippen LogP contribution in [0.15, 0.2) is 18.2 Å². The van der Waals surface area contributed by atoms with Crippen LogP contribution in [-0.4, -0.2) is 70.8 Å². The number of hydrogen-bond acceptors (Lipinski definition) is 7. The van der Waals surface area contributed by atoms with E-state index < -0.39 is 39.8 Å². The number of amides is 4. The predicted octanol–water partition coefficient (Wildman–Crippen LogP) is 1.13. The molecule has 1 aromatic carbocycles. The lowest BCUT2D eigenvalue weighted by Gasteiger charge is -2.56. The summed E-state index contributed by atoms with van der Waals surface area (Å²) in [7, 11) is 1.92. The third kappa shape index (κ3) is 2.78. The van der Waals surface area contributed by atoms with Crippen molar-refractivity contribution in [3.63, 3.8) is 0 Å². The van der Waals surface area contributed by atoms with E-state index in [0.29, 0.717) is 18.7 Å². The van der Waals surface area contributed by atoms with Gasteiger partial charge in [0.15, 0.2) is 5.41 Å². The number of nitrogens with one attached hydrogen (secondary N) is 1. The van der Waals surface area contributed by atoms with Crippen LogP contribution in [0.4, 0.5) is 16.2 Å². The summed E-state index contributed by atoms with van der Waals surface area (Å²) in [6.07, 6.45) is 0.00352. The van der Waals surface area contributed by atoms with Gasteiger partial charge >= 0.3 is 6.03 Å². The third-order valence-corrected chi connectivity index (χ3v) is 6.29. The largest absolute Gasteiger partial charge is 0.364 e. The fourth-order valence-electron chi connectivity index (χ4n) is 4.87. The summed E-state index contributed by atoms with van der Waals surface area (Å²) in [6, 6.07) is 3.35. The summed E-state index contributed by atoms with van der Waals surface area (Å²) in [5, 5.41) is 13.7. The number of nitrogens with zero attached hydrogens (tertiary/aromatic N) is 4. The zero-order valence-corrected chi connectivity index (χ0v) is 17.5. The van der Waals surface area contributed by atoms with Crippen LogP contribution in [0, 0.1) is 15.5 Å². The highest BCUT2D eigenvalue weighted by Gasteiger charge is 2.64. The number of imide groups is 2. The zero-order valence-electron chi connectivity index (χ0n) is 17.5. The van der Waals surface area contributed by atoms with Crippen LogP contribution < -0.4 is 10.2 Å². The molecular formula is C20H25N5O5. The first-order chi connectivity index (χ1) is 14.0. The number of benzene rings is 1. The van der Waals surface area contributed by atoms with Gasteiger partial charge in [-0.15, -0.1) is 0 Å². The second kappa shape index (κ2) is 6.49. The number of likely N-dealkylation sites (N-methyl/N-ethyl adjacent to an activating group) is 1.